The highest BCUT2D eigenvalue weighted by atomic mass is 19.1. The summed E-state index contributed by atoms with van der Waals surface area (Å²) in [5, 5.41) is 0. The van der Waals surface area contributed by atoms with Gasteiger partial charge in [-0.25, -0.2) is 4.39 Å². The van der Waals surface area contributed by atoms with Crippen LogP contribution < -0.4 is 5.73 Å². The van der Waals surface area contributed by atoms with Gasteiger partial charge in [-0.3, -0.25) is 0 Å². The molecule has 0 atom stereocenters. The quantitative estimate of drug-likeness (QED) is 0.838. The Kier molecular flexibility index (Phi) is 4.71. The summed E-state index contributed by atoms with van der Waals surface area (Å²) < 4.78 is 12.2. The second-order valence-electron chi connectivity index (χ2n) is 4.79. The normalized spacial score (nSPS) is 17.8. The first kappa shape index (κ1) is 13.0. The molecule has 2 aliphatic carbocycles. The van der Waals surface area contributed by atoms with Crippen molar-refractivity contribution in [2.75, 3.05) is 0 Å². The van der Waals surface area contributed by atoms with Crippen molar-refractivity contribution in [1.82, 2.24) is 0 Å². The first-order valence-corrected chi connectivity index (χ1v) is 6.60. The third kappa shape index (κ3) is 4.11. The molecule has 0 amide bonds. The van der Waals surface area contributed by atoms with Gasteiger partial charge in [-0.1, -0.05) is 30.4 Å². The van der Waals surface area contributed by atoms with Gasteiger partial charge >= 0.3 is 0 Å². The van der Waals surface area contributed by atoms with E-state index in [1.807, 2.05) is 0 Å². The first-order chi connectivity index (χ1) is 8.79. The highest BCUT2D eigenvalue weighted by Crippen LogP contribution is 2.38. The third-order valence-electron chi connectivity index (χ3n) is 3.22. The van der Waals surface area contributed by atoms with Crippen molar-refractivity contribution < 1.29 is 4.39 Å². The van der Waals surface area contributed by atoms with Crippen molar-refractivity contribution >= 4 is 0 Å². The molecule has 1 nitrogen and oxygen atoms in total. The zero-order valence-corrected chi connectivity index (χ0v) is 10.6. The predicted molar refractivity (Wildman–Crippen MR) is 73.5 cm³/mol. The molecule has 0 bridgehead atoms. The van der Waals surface area contributed by atoms with Crippen LogP contribution in [0.15, 0.2) is 48.1 Å². The Hall–Kier alpha value is -1.41. The minimum absolute atomic E-state index is 0.216. The lowest BCUT2D eigenvalue weighted by molar-refractivity contribution is 0.627. The van der Waals surface area contributed by atoms with E-state index in [2.05, 4.69) is 18.2 Å². The van der Waals surface area contributed by atoms with Gasteiger partial charge in [0.05, 0.1) is 0 Å². The summed E-state index contributed by atoms with van der Waals surface area (Å²) in [6.07, 6.45) is 12.4. The van der Waals surface area contributed by atoms with E-state index >= 15 is 0 Å². The van der Waals surface area contributed by atoms with Gasteiger partial charge in [-0.15, -0.1) is 0 Å². The van der Waals surface area contributed by atoms with E-state index in [0.717, 1.165) is 11.5 Å². The van der Waals surface area contributed by atoms with Gasteiger partial charge in [0, 0.05) is 6.54 Å². The Morgan fingerprint density at radius 3 is 2.33 bits per heavy atom. The van der Waals surface area contributed by atoms with E-state index < -0.39 is 0 Å². The van der Waals surface area contributed by atoms with Crippen LogP contribution in [0.4, 0.5) is 4.39 Å². The van der Waals surface area contributed by atoms with Gasteiger partial charge < -0.3 is 5.73 Å². The van der Waals surface area contributed by atoms with Gasteiger partial charge in [-0.2, -0.15) is 0 Å². The molecule has 18 heavy (non-hydrogen) atoms. The van der Waals surface area contributed by atoms with E-state index in [-0.39, 0.29) is 5.82 Å². The second-order valence-corrected chi connectivity index (χ2v) is 4.79. The van der Waals surface area contributed by atoms with Crippen LogP contribution in [0.2, 0.25) is 0 Å². The molecule has 0 saturated heterocycles. The third-order valence-corrected chi connectivity index (χ3v) is 3.22. The molecule has 3 rings (SSSR count). The van der Waals surface area contributed by atoms with Gasteiger partial charge in [0.2, 0.25) is 0 Å². The van der Waals surface area contributed by atoms with Crippen LogP contribution in [0.5, 0.6) is 0 Å². The van der Waals surface area contributed by atoms with Crippen LogP contribution in [-0.2, 0) is 6.54 Å². The Morgan fingerprint density at radius 2 is 1.83 bits per heavy atom. The van der Waals surface area contributed by atoms with Crippen LogP contribution >= 0.6 is 0 Å². The van der Waals surface area contributed by atoms with E-state index in [9.17, 15) is 4.39 Å². The number of hydrogen-bond donors (Lipinski definition) is 1. The summed E-state index contributed by atoms with van der Waals surface area (Å²) in [5.74, 6) is 0.744. The lowest BCUT2D eigenvalue weighted by Crippen LogP contribution is -1.94. The monoisotopic (exact) mass is 245 g/mol. The van der Waals surface area contributed by atoms with Crippen LogP contribution in [-0.4, -0.2) is 0 Å². The smallest absolute Gasteiger partial charge is 0.123 e. The molecule has 0 heterocycles. The second kappa shape index (κ2) is 6.50. The number of nitrogens with two attached hydrogens (primary N) is 1. The lowest BCUT2D eigenvalue weighted by atomic mass is 10.0. The zero-order chi connectivity index (χ0) is 12.8. The van der Waals surface area contributed by atoms with Crippen molar-refractivity contribution in [3.8, 4) is 0 Å². The number of allylic oxidation sites excluding steroid dienone is 4. The fraction of sp³-hybridized carbons (Fsp3) is 0.375. The maximum absolute atomic E-state index is 12.2. The van der Waals surface area contributed by atoms with E-state index in [1.165, 1.54) is 37.8 Å². The Bertz CT molecular complexity index is 427. The van der Waals surface area contributed by atoms with Crippen molar-refractivity contribution in [1.29, 1.82) is 0 Å². The maximum Gasteiger partial charge on any atom is 0.123 e. The number of benzene rings is 1. The molecular weight excluding hydrogens is 225 g/mol. The fourth-order valence-corrected chi connectivity index (χ4v) is 1.97. The van der Waals surface area contributed by atoms with E-state index in [0.29, 0.717) is 6.54 Å². The number of halogens is 1. The Labute approximate surface area is 108 Å². The highest BCUT2D eigenvalue weighted by molar-refractivity contribution is 5.27. The van der Waals surface area contributed by atoms with Crippen molar-refractivity contribution in [2.24, 2.45) is 11.7 Å². The molecule has 2 aliphatic rings. The number of hydrogen-bond acceptors (Lipinski definition) is 1. The molecule has 2 N–H and O–H groups in total. The topological polar surface area (TPSA) is 26.0 Å². The summed E-state index contributed by atoms with van der Waals surface area (Å²) in [6, 6.07) is 6.16. The first-order valence-electron chi connectivity index (χ1n) is 6.60. The predicted octanol–water partition coefficient (Wildman–Crippen LogP) is 3.96. The molecule has 0 aliphatic heterocycles. The fourth-order valence-electron chi connectivity index (χ4n) is 1.97. The van der Waals surface area contributed by atoms with Crippen LogP contribution in [0.1, 0.15) is 31.2 Å². The molecule has 96 valence electrons. The Morgan fingerprint density at radius 1 is 1.11 bits per heavy atom. The summed E-state index contributed by atoms with van der Waals surface area (Å²) >= 11 is 0. The van der Waals surface area contributed by atoms with E-state index in [1.54, 1.807) is 17.7 Å². The van der Waals surface area contributed by atoms with Crippen LogP contribution in [0.25, 0.3) is 0 Å². The molecule has 1 fully saturated rings. The van der Waals surface area contributed by atoms with Gasteiger partial charge in [0.25, 0.3) is 0 Å². The van der Waals surface area contributed by atoms with E-state index in [4.69, 9.17) is 5.73 Å². The molecule has 0 unspecified atom stereocenters. The zero-order valence-electron chi connectivity index (χ0n) is 10.6. The van der Waals surface area contributed by atoms with Crippen molar-refractivity contribution in [2.45, 2.75) is 32.2 Å². The highest BCUT2D eigenvalue weighted by Gasteiger charge is 2.24. The maximum atomic E-state index is 12.2. The molecule has 0 spiro atoms. The summed E-state index contributed by atoms with van der Waals surface area (Å²) in [6.45, 7) is 0.472. The van der Waals surface area contributed by atoms with Gasteiger partial charge in [0.1, 0.15) is 5.82 Å². The molecule has 1 saturated carbocycles. The SMILES string of the molecule is C1=CC(C2CC2)=CCC1.NCc1ccc(F)cc1. The molecule has 0 aromatic heterocycles. The van der Waals surface area contributed by atoms with Crippen LogP contribution in [0.3, 0.4) is 0 Å². The average molecular weight is 245 g/mol. The molecular formula is C16H20FN. The average Bonchev–Trinajstić information content (AvgIpc) is 3.26. The minimum Gasteiger partial charge on any atom is -0.326 e. The number of rotatable bonds is 2. The van der Waals surface area contributed by atoms with Crippen LogP contribution in [0, 0.1) is 11.7 Å². The summed E-state index contributed by atoms with van der Waals surface area (Å²) in [4.78, 5) is 0. The van der Waals surface area contributed by atoms with Gasteiger partial charge in [-0.05, 0) is 54.9 Å². The van der Waals surface area contributed by atoms with Crippen molar-refractivity contribution in [3.05, 3.63) is 59.4 Å². The largest absolute Gasteiger partial charge is 0.326 e. The van der Waals surface area contributed by atoms with Crippen molar-refractivity contribution in [3.63, 3.8) is 0 Å². The summed E-state index contributed by atoms with van der Waals surface area (Å²) in [5.41, 5.74) is 7.84. The Balaban J connectivity index is 0.000000134. The molecule has 1 aromatic rings. The molecule has 1 aromatic carbocycles. The van der Waals surface area contributed by atoms with Gasteiger partial charge in [0.15, 0.2) is 0 Å². The summed E-state index contributed by atoms with van der Waals surface area (Å²) in [7, 11) is 0. The standard InChI is InChI=1S/C9H12.C7H8FN/c1-2-4-8(5-3-1)9-6-7-9;8-7-3-1-6(5-9)2-4-7/h2,4-5,9H,1,3,6-7H2;1-4H,5,9H2. The lowest BCUT2D eigenvalue weighted by Gasteiger charge is -2.02. The molecule has 0 radical (unpaired) electrons. The minimum atomic E-state index is -0.216. The molecule has 2 heteroatoms.